The van der Waals surface area contributed by atoms with Gasteiger partial charge in [0, 0.05) is 6.07 Å². The highest BCUT2D eigenvalue weighted by atomic mass is 79.9. The standard InChI is InChI=1S/C15H20BrF2NO3/c1-14(2,3)22-13(20)19-15(4,5)8-21-12-7-10(17)9(16)6-11(12)18/h6-7H,8H2,1-5H3,(H,19,20). The Labute approximate surface area is 137 Å². The normalized spacial score (nSPS) is 12.0. The van der Waals surface area contributed by atoms with Crippen molar-refractivity contribution in [2.75, 3.05) is 6.61 Å². The molecule has 7 heteroatoms. The Balaban J connectivity index is 2.66. The van der Waals surface area contributed by atoms with Crippen LogP contribution in [0.5, 0.6) is 5.75 Å². The fourth-order valence-electron chi connectivity index (χ4n) is 1.49. The summed E-state index contributed by atoms with van der Waals surface area (Å²) in [7, 11) is 0. The molecule has 0 unspecified atom stereocenters. The zero-order valence-electron chi connectivity index (χ0n) is 13.2. The minimum absolute atomic E-state index is 0.0171. The van der Waals surface area contributed by atoms with Crippen molar-refractivity contribution in [2.24, 2.45) is 0 Å². The molecule has 0 aliphatic heterocycles. The summed E-state index contributed by atoms with van der Waals surface area (Å²) in [6, 6.07) is 1.93. The summed E-state index contributed by atoms with van der Waals surface area (Å²) >= 11 is 2.89. The second kappa shape index (κ2) is 6.81. The van der Waals surface area contributed by atoms with Crippen molar-refractivity contribution in [1.29, 1.82) is 0 Å². The van der Waals surface area contributed by atoms with Gasteiger partial charge >= 0.3 is 6.09 Å². The molecule has 0 atom stereocenters. The van der Waals surface area contributed by atoms with Gasteiger partial charge in [-0.25, -0.2) is 13.6 Å². The monoisotopic (exact) mass is 379 g/mol. The molecule has 0 heterocycles. The molecule has 22 heavy (non-hydrogen) atoms. The number of halogens is 3. The Bertz CT molecular complexity index is 556. The molecular formula is C15H20BrF2NO3. The van der Waals surface area contributed by atoms with Crippen LogP contribution in [0.25, 0.3) is 0 Å². The predicted octanol–water partition coefficient (Wildman–Crippen LogP) is 4.41. The molecule has 1 amide bonds. The molecule has 1 N–H and O–H groups in total. The van der Waals surface area contributed by atoms with Gasteiger partial charge in [-0.2, -0.15) is 0 Å². The third-order valence-electron chi connectivity index (χ3n) is 2.40. The summed E-state index contributed by atoms with van der Waals surface area (Å²) in [5.41, 5.74) is -1.44. The first kappa shape index (κ1) is 18.7. The Kier molecular flexibility index (Phi) is 5.78. The van der Waals surface area contributed by atoms with Crippen LogP contribution in [-0.4, -0.2) is 23.8 Å². The van der Waals surface area contributed by atoms with Gasteiger partial charge in [-0.15, -0.1) is 0 Å². The maximum Gasteiger partial charge on any atom is 0.408 e. The predicted molar refractivity (Wildman–Crippen MR) is 83.0 cm³/mol. The number of hydrogen-bond donors (Lipinski definition) is 1. The second-order valence-corrected chi connectivity index (χ2v) is 7.35. The topological polar surface area (TPSA) is 47.6 Å². The Morgan fingerprint density at radius 2 is 1.77 bits per heavy atom. The van der Waals surface area contributed by atoms with Gasteiger partial charge in [0.05, 0.1) is 10.0 Å². The van der Waals surface area contributed by atoms with Crippen LogP contribution >= 0.6 is 15.9 Å². The summed E-state index contributed by atoms with van der Waals surface area (Å²) in [5.74, 6) is -1.55. The van der Waals surface area contributed by atoms with E-state index in [-0.39, 0.29) is 16.8 Å². The molecule has 0 aliphatic rings. The van der Waals surface area contributed by atoms with E-state index in [4.69, 9.17) is 9.47 Å². The zero-order valence-corrected chi connectivity index (χ0v) is 14.8. The highest BCUT2D eigenvalue weighted by Crippen LogP contribution is 2.25. The van der Waals surface area contributed by atoms with Crippen molar-refractivity contribution in [2.45, 2.75) is 45.8 Å². The van der Waals surface area contributed by atoms with E-state index >= 15 is 0 Å². The minimum atomic E-state index is -0.821. The zero-order chi connectivity index (χ0) is 17.1. The van der Waals surface area contributed by atoms with Gasteiger partial charge in [-0.05, 0) is 56.6 Å². The number of hydrogen-bond acceptors (Lipinski definition) is 3. The van der Waals surface area contributed by atoms with Gasteiger partial charge in [0.15, 0.2) is 11.6 Å². The second-order valence-electron chi connectivity index (χ2n) is 6.50. The summed E-state index contributed by atoms with van der Waals surface area (Å²) in [6.07, 6.45) is -0.608. The average molecular weight is 380 g/mol. The van der Waals surface area contributed by atoms with Gasteiger partial charge in [0.2, 0.25) is 0 Å². The van der Waals surface area contributed by atoms with Gasteiger partial charge in [0.25, 0.3) is 0 Å². The molecule has 0 bridgehead atoms. The summed E-state index contributed by atoms with van der Waals surface area (Å²) in [6.45, 7) is 8.56. The van der Waals surface area contributed by atoms with Crippen molar-refractivity contribution < 1.29 is 23.0 Å². The summed E-state index contributed by atoms with van der Waals surface area (Å²) in [5, 5.41) is 2.62. The van der Waals surface area contributed by atoms with Crippen molar-refractivity contribution >= 4 is 22.0 Å². The first-order valence-electron chi connectivity index (χ1n) is 6.68. The number of nitrogens with one attached hydrogen (secondary N) is 1. The number of carbonyl (C=O) groups is 1. The van der Waals surface area contributed by atoms with Gasteiger partial charge in [-0.1, -0.05) is 0 Å². The van der Waals surface area contributed by atoms with Crippen molar-refractivity contribution in [3.05, 3.63) is 28.2 Å². The number of ether oxygens (including phenoxy) is 2. The molecule has 0 saturated carbocycles. The average Bonchev–Trinajstić information content (AvgIpc) is 2.28. The number of amides is 1. The fourth-order valence-corrected chi connectivity index (χ4v) is 1.80. The molecule has 0 saturated heterocycles. The van der Waals surface area contributed by atoms with Crippen molar-refractivity contribution in [3.8, 4) is 5.75 Å². The molecule has 0 radical (unpaired) electrons. The van der Waals surface area contributed by atoms with Crippen LogP contribution in [-0.2, 0) is 4.74 Å². The van der Waals surface area contributed by atoms with Gasteiger partial charge < -0.3 is 14.8 Å². The molecule has 0 spiro atoms. The van der Waals surface area contributed by atoms with Crippen LogP contribution in [0.3, 0.4) is 0 Å². The van der Waals surface area contributed by atoms with Crippen LogP contribution in [0.1, 0.15) is 34.6 Å². The highest BCUT2D eigenvalue weighted by Gasteiger charge is 2.26. The van der Waals surface area contributed by atoms with E-state index < -0.39 is 28.9 Å². The first-order valence-corrected chi connectivity index (χ1v) is 7.47. The number of rotatable bonds is 4. The van der Waals surface area contributed by atoms with Crippen LogP contribution in [0, 0.1) is 11.6 Å². The van der Waals surface area contributed by atoms with Gasteiger partial charge in [-0.3, -0.25) is 0 Å². The molecule has 0 fully saturated rings. The van der Waals surface area contributed by atoms with Crippen LogP contribution in [0.4, 0.5) is 13.6 Å². The van der Waals surface area contributed by atoms with E-state index in [0.29, 0.717) is 0 Å². The van der Waals surface area contributed by atoms with Crippen molar-refractivity contribution in [1.82, 2.24) is 5.32 Å². The Morgan fingerprint density at radius 3 is 2.32 bits per heavy atom. The lowest BCUT2D eigenvalue weighted by Crippen LogP contribution is -2.49. The quantitative estimate of drug-likeness (QED) is 0.788. The third-order valence-corrected chi connectivity index (χ3v) is 3.01. The largest absolute Gasteiger partial charge is 0.488 e. The van der Waals surface area contributed by atoms with E-state index in [1.807, 2.05) is 0 Å². The van der Waals surface area contributed by atoms with Gasteiger partial charge in [0.1, 0.15) is 18.0 Å². The van der Waals surface area contributed by atoms with E-state index in [9.17, 15) is 13.6 Å². The molecule has 0 aromatic heterocycles. The third kappa shape index (κ3) is 6.17. The maximum atomic E-state index is 13.7. The molecule has 0 aliphatic carbocycles. The lowest BCUT2D eigenvalue weighted by molar-refractivity contribution is 0.0440. The smallest absolute Gasteiger partial charge is 0.408 e. The van der Waals surface area contributed by atoms with Crippen LogP contribution in [0.15, 0.2) is 16.6 Å². The minimum Gasteiger partial charge on any atom is -0.488 e. The maximum absolute atomic E-state index is 13.7. The number of benzene rings is 1. The Hall–Kier alpha value is -1.37. The van der Waals surface area contributed by atoms with Crippen LogP contribution < -0.4 is 10.1 Å². The lowest BCUT2D eigenvalue weighted by Gasteiger charge is -2.28. The SMILES string of the molecule is CC(C)(COc1cc(F)c(Br)cc1F)NC(=O)OC(C)(C)C. The molecule has 124 valence electrons. The Morgan fingerprint density at radius 1 is 1.18 bits per heavy atom. The molecule has 1 aromatic carbocycles. The number of alkyl carbamates (subject to hydrolysis) is 1. The van der Waals surface area contributed by atoms with Crippen molar-refractivity contribution in [3.63, 3.8) is 0 Å². The number of carbonyl (C=O) groups excluding carboxylic acids is 1. The summed E-state index contributed by atoms with van der Waals surface area (Å²) in [4.78, 5) is 11.7. The first-order chi connectivity index (χ1) is 9.89. The molecule has 4 nitrogen and oxygen atoms in total. The van der Waals surface area contributed by atoms with E-state index in [2.05, 4.69) is 21.2 Å². The van der Waals surface area contributed by atoms with E-state index in [0.717, 1.165) is 12.1 Å². The lowest BCUT2D eigenvalue weighted by atomic mass is 10.1. The fraction of sp³-hybridized carbons (Fsp3) is 0.533. The molecule has 1 rings (SSSR count). The highest BCUT2D eigenvalue weighted by molar-refractivity contribution is 9.10. The summed E-state index contributed by atoms with van der Waals surface area (Å²) < 4.78 is 37.5. The van der Waals surface area contributed by atoms with E-state index in [1.54, 1.807) is 34.6 Å². The molecular weight excluding hydrogens is 360 g/mol. The van der Waals surface area contributed by atoms with Crippen LogP contribution in [0.2, 0.25) is 0 Å². The molecule has 1 aromatic rings. The van der Waals surface area contributed by atoms with E-state index in [1.165, 1.54) is 0 Å².